The van der Waals surface area contributed by atoms with Gasteiger partial charge in [0.1, 0.15) is 12.6 Å². The van der Waals surface area contributed by atoms with E-state index in [1.54, 1.807) is 6.92 Å². The fraction of sp³-hybridized carbons (Fsp3) is 0.417. The first-order chi connectivity index (χ1) is 14.7. The molecule has 2 aromatic rings. The van der Waals surface area contributed by atoms with Gasteiger partial charge in [0, 0.05) is 5.92 Å². The van der Waals surface area contributed by atoms with Gasteiger partial charge >= 0.3 is 6.09 Å². The van der Waals surface area contributed by atoms with Crippen LogP contribution < -0.4 is 10.8 Å². The standard InChI is InChI=1S/C24H30N2O5/c1-15(31-24(2,3)4)21(22(27)26-29-5)25-23(28)30-14-20-18-12-8-6-10-16(18)17-11-7-9-13-19(17)20/h6-13,15,20-21H,14H2,1-5H3,(H,25,28)(H,26,27)/t15-,21+/m1/s1. The monoisotopic (exact) mass is 426 g/mol. The predicted octanol–water partition coefficient (Wildman–Crippen LogP) is 3.77. The summed E-state index contributed by atoms with van der Waals surface area (Å²) in [6.45, 7) is 7.51. The first-order valence-electron chi connectivity index (χ1n) is 10.3. The van der Waals surface area contributed by atoms with Gasteiger partial charge < -0.3 is 14.8 Å². The van der Waals surface area contributed by atoms with Gasteiger partial charge in [-0.3, -0.25) is 9.63 Å². The molecular weight excluding hydrogens is 396 g/mol. The number of amides is 2. The molecule has 0 aromatic heterocycles. The van der Waals surface area contributed by atoms with Crippen LogP contribution in [0.15, 0.2) is 48.5 Å². The third kappa shape index (κ3) is 5.42. The molecule has 0 saturated carbocycles. The average Bonchev–Trinajstić information content (AvgIpc) is 3.03. The number of hydrogen-bond acceptors (Lipinski definition) is 5. The number of carbonyl (C=O) groups is 2. The highest BCUT2D eigenvalue weighted by Gasteiger charge is 2.33. The van der Waals surface area contributed by atoms with E-state index in [-0.39, 0.29) is 12.5 Å². The van der Waals surface area contributed by atoms with Crippen LogP contribution in [0.4, 0.5) is 4.79 Å². The quantitative estimate of drug-likeness (QED) is 0.658. The minimum Gasteiger partial charge on any atom is -0.449 e. The van der Waals surface area contributed by atoms with Gasteiger partial charge in [0.25, 0.3) is 5.91 Å². The Morgan fingerprint density at radius 2 is 1.55 bits per heavy atom. The van der Waals surface area contributed by atoms with Gasteiger partial charge in [0.05, 0.1) is 18.8 Å². The lowest BCUT2D eigenvalue weighted by molar-refractivity contribution is -0.141. The highest BCUT2D eigenvalue weighted by atomic mass is 16.6. The summed E-state index contributed by atoms with van der Waals surface area (Å²) in [4.78, 5) is 29.7. The van der Waals surface area contributed by atoms with Crippen molar-refractivity contribution in [3.63, 3.8) is 0 Å². The fourth-order valence-corrected chi connectivity index (χ4v) is 3.95. The number of benzene rings is 2. The second kappa shape index (κ2) is 9.49. The molecular formula is C24H30N2O5. The molecule has 7 nitrogen and oxygen atoms in total. The Morgan fingerprint density at radius 1 is 1.00 bits per heavy atom. The number of hydrogen-bond donors (Lipinski definition) is 2. The summed E-state index contributed by atoms with van der Waals surface area (Å²) in [6.07, 6.45) is -1.29. The number of hydroxylamine groups is 1. The molecule has 3 rings (SSSR count). The molecule has 1 aliphatic carbocycles. The van der Waals surface area contributed by atoms with Crippen molar-refractivity contribution in [2.24, 2.45) is 0 Å². The maximum absolute atomic E-state index is 12.6. The van der Waals surface area contributed by atoms with Gasteiger partial charge in [0.2, 0.25) is 0 Å². The van der Waals surface area contributed by atoms with E-state index in [1.807, 2.05) is 45.0 Å². The first kappa shape index (κ1) is 22.8. The number of alkyl carbamates (subject to hydrolysis) is 1. The van der Waals surface area contributed by atoms with Gasteiger partial charge in [-0.25, -0.2) is 10.3 Å². The summed E-state index contributed by atoms with van der Waals surface area (Å²) in [5.41, 5.74) is 6.30. The zero-order chi connectivity index (χ0) is 22.6. The van der Waals surface area contributed by atoms with Crippen molar-refractivity contribution >= 4 is 12.0 Å². The van der Waals surface area contributed by atoms with Crippen molar-refractivity contribution in [3.8, 4) is 11.1 Å². The molecule has 2 aromatic carbocycles. The fourth-order valence-electron chi connectivity index (χ4n) is 3.95. The zero-order valence-corrected chi connectivity index (χ0v) is 18.6. The van der Waals surface area contributed by atoms with Crippen LogP contribution in [0.25, 0.3) is 11.1 Å². The number of rotatable bonds is 7. The lowest BCUT2D eigenvalue weighted by Gasteiger charge is -2.30. The van der Waals surface area contributed by atoms with Crippen LogP contribution in [0.1, 0.15) is 44.7 Å². The lowest BCUT2D eigenvalue weighted by atomic mass is 9.98. The SMILES string of the molecule is CONC(=O)[C@@H](NC(=O)OCC1c2ccccc2-c2ccccc21)[C@@H](C)OC(C)(C)C. The smallest absolute Gasteiger partial charge is 0.407 e. The molecule has 0 aliphatic heterocycles. The molecule has 1 aliphatic rings. The second-order valence-corrected chi connectivity index (χ2v) is 8.55. The van der Waals surface area contributed by atoms with E-state index in [4.69, 9.17) is 14.3 Å². The summed E-state index contributed by atoms with van der Waals surface area (Å²) < 4.78 is 11.4. The summed E-state index contributed by atoms with van der Waals surface area (Å²) in [5.74, 6) is -0.583. The molecule has 0 unspecified atom stereocenters. The Kier molecular flexibility index (Phi) is 6.97. The largest absolute Gasteiger partial charge is 0.449 e. The molecule has 31 heavy (non-hydrogen) atoms. The third-order valence-electron chi connectivity index (χ3n) is 5.11. The van der Waals surface area contributed by atoms with Crippen LogP contribution in [0.5, 0.6) is 0 Å². The average molecular weight is 427 g/mol. The van der Waals surface area contributed by atoms with Crippen LogP contribution in [-0.4, -0.2) is 43.5 Å². The first-order valence-corrected chi connectivity index (χ1v) is 10.3. The second-order valence-electron chi connectivity index (χ2n) is 8.55. The number of fused-ring (bicyclic) bond motifs is 3. The number of ether oxygens (including phenoxy) is 2. The number of carbonyl (C=O) groups excluding carboxylic acids is 2. The Labute approximate surface area is 183 Å². The summed E-state index contributed by atoms with van der Waals surface area (Å²) in [5, 5.41) is 2.62. The molecule has 0 fully saturated rings. The van der Waals surface area contributed by atoms with E-state index in [2.05, 4.69) is 35.1 Å². The maximum atomic E-state index is 12.6. The van der Waals surface area contributed by atoms with Crippen molar-refractivity contribution in [3.05, 3.63) is 59.7 Å². The minimum atomic E-state index is -0.977. The Morgan fingerprint density at radius 3 is 2.06 bits per heavy atom. The van der Waals surface area contributed by atoms with E-state index in [0.717, 1.165) is 22.3 Å². The van der Waals surface area contributed by atoms with Crippen LogP contribution in [0.3, 0.4) is 0 Å². The van der Waals surface area contributed by atoms with Gasteiger partial charge in [-0.15, -0.1) is 0 Å². The Bertz CT molecular complexity index is 892. The molecule has 166 valence electrons. The van der Waals surface area contributed by atoms with E-state index < -0.39 is 29.7 Å². The zero-order valence-electron chi connectivity index (χ0n) is 18.6. The van der Waals surface area contributed by atoms with Gasteiger partial charge in [0.15, 0.2) is 0 Å². The molecule has 0 saturated heterocycles. The molecule has 2 N–H and O–H groups in total. The summed E-state index contributed by atoms with van der Waals surface area (Å²) in [6, 6.07) is 15.2. The van der Waals surface area contributed by atoms with Crippen LogP contribution in [0.2, 0.25) is 0 Å². The Hall–Kier alpha value is -2.90. The topological polar surface area (TPSA) is 85.9 Å². The van der Waals surface area contributed by atoms with E-state index in [1.165, 1.54) is 7.11 Å². The van der Waals surface area contributed by atoms with E-state index >= 15 is 0 Å². The summed E-state index contributed by atoms with van der Waals surface area (Å²) >= 11 is 0. The third-order valence-corrected chi connectivity index (χ3v) is 5.11. The number of nitrogens with one attached hydrogen (secondary N) is 2. The van der Waals surface area contributed by atoms with Crippen LogP contribution in [-0.2, 0) is 19.1 Å². The van der Waals surface area contributed by atoms with Crippen LogP contribution in [0, 0.1) is 0 Å². The highest BCUT2D eigenvalue weighted by molar-refractivity contribution is 5.85. The molecule has 7 heteroatoms. The molecule has 0 heterocycles. The molecule has 2 amide bonds. The van der Waals surface area contributed by atoms with E-state index in [9.17, 15) is 9.59 Å². The molecule has 0 radical (unpaired) electrons. The van der Waals surface area contributed by atoms with Gasteiger partial charge in [-0.1, -0.05) is 48.5 Å². The maximum Gasteiger partial charge on any atom is 0.407 e. The predicted molar refractivity (Wildman–Crippen MR) is 117 cm³/mol. The molecule has 2 atom stereocenters. The van der Waals surface area contributed by atoms with E-state index in [0.29, 0.717) is 0 Å². The van der Waals surface area contributed by atoms with Crippen molar-refractivity contribution in [1.82, 2.24) is 10.8 Å². The van der Waals surface area contributed by atoms with Crippen molar-refractivity contribution < 1.29 is 23.9 Å². The minimum absolute atomic E-state index is 0.0624. The normalized spacial score (nSPS) is 14.9. The van der Waals surface area contributed by atoms with Crippen molar-refractivity contribution in [1.29, 1.82) is 0 Å². The summed E-state index contributed by atoms with van der Waals surface area (Å²) in [7, 11) is 1.33. The van der Waals surface area contributed by atoms with Crippen molar-refractivity contribution in [2.75, 3.05) is 13.7 Å². The van der Waals surface area contributed by atoms with Gasteiger partial charge in [-0.2, -0.15) is 0 Å². The van der Waals surface area contributed by atoms with Crippen LogP contribution >= 0.6 is 0 Å². The van der Waals surface area contributed by atoms with Gasteiger partial charge in [-0.05, 0) is 49.9 Å². The highest BCUT2D eigenvalue weighted by Crippen LogP contribution is 2.44. The Balaban J connectivity index is 1.70. The lowest BCUT2D eigenvalue weighted by Crippen LogP contribution is -2.54. The molecule has 0 bridgehead atoms. The van der Waals surface area contributed by atoms with Crippen molar-refractivity contribution in [2.45, 2.75) is 51.4 Å². The molecule has 0 spiro atoms.